The molecule has 1 fully saturated rings. The Kier molecular flexibility index (Phi) is 3.62. The summed E-state index contributed by atoms with van der Waals surface area (Å²) in [5.74, 6) is 0. The van der Waals surface area contributed by atoms with Gasteiger partial charge in [0.2, 0.25) is 0 Å². The second-order valence-corrected chi connectivity index (χ2v) is 6.59. The van der Waals surface area contributed by atoms with E-state index < -0.39 is 0 Å². The Morgan fingerprint density at radius 1 is 1.14 bits per heavy atom. The maximum Gasteiger partial charge on any atom is 0.185 e. The summed E-state index contributed by atoms with van der Waals surface area (Å²) in [6.07, 6.45) is 5.93. The summed E-state index contributed by atoms with van der Waals surface area (Å²) in [5, 5.41) is 1.13. The van der Waals surface area contributed by atoms with Crippen molar-refractivity contribution in [2.45, 2.75) is 19.6 Å². The Morgan fingerprint density at radius 3 is 2.95 bits per heavy atom. The lowest BCUT2D eigenvalue weighted by Gasteiger charge is -2.27. The third-order valence-electron chi connectivity index (χ3n) is 4.04. The molecule has 0 spiro atoms. The lowest BCUT2D eigenvalue weighted by atomic mass is 10.3. The molecule has 1 saturated heterocycles. The molecule has 0 amide bonds. The fraction of sp³-hybridized carbons (Fsp3) is 0.571. The first kappa shape index (κ1) is 13.2. The largest absolute Gasteiger partial charge is 0.378 e. The van der Waals surface area contributed by atoms with Gasteiger partial charge in [-0.1, -0.05) is 0 Å². The number of nitrogens with zero attached hydrogens (tertiary/aromatic N) is 5. The summed E-state index contributed by atoms with van der Waals surface area (Å²) in [6.45, 7) is 7.60. The molecule has 112 valence electrons. The lowest BCUT2D eigenvalue weighted by Crippen LogP contribution is -2.36. The Hall–Kier alpha value is -1.44. The number of ether oxygens (including phenoxy) is 1. The molecule has 2 aliphatic rings. The monoisotopic (exact) mass is 305 g/mol. The average molecular weight is 305 g/mol. The minimum absolute atomic E-state index is 0.811. The van der Waals surface area contributed by atoms with Gasteiger partial charge in [0.1, 0.15) is 0 Å². The van der Waals surface area contributed by atoms with Crippen LogP contribution in [0.1, 0.15) is 10.6 Å². The van der Waals surface area contributed by atoms with Crippen LogP contribution >= 0.6 is 11.3 Å². The molecule has 2 aromatic heterocycles. The zero-order chi connectivity index (χ0) is 14.1. The van der Waals surface area contributed by atoms with Gasteiger partial charge in [-0.15, -0.1) is 11.3 Å². The summed E-state index contributed by atoms with van der Waals surface area (Å²) >= 11 is 1.81. The van der Waals surface area contributed by atoms with Crippen molar-refractivity contribution in [1.29, 1.82) is 0 Å². The quantitative estimate of drug-likeness (QED) is 0.852. The Morgan fingerprint density at radius 2 is 2.05 bits per heavy atom. The minimum atomic E-state index is 0.811. The highest BCUT2D eigenvalue weighted by atomic mass is 32.1. The topological polar surface area (TPSA) is 46.4 Å². The van der Waals surface area contributed by atoms with Crippen LogP contribution in [0.5, 0.6) is 0 Å². The van der Waals surface area contributed by atoms with Gasteiger partial charge in [-0.3, -0.25) is 4.90 Å². The summed E-state index contributed by atoms with van der Waals surface area (Å²) in [7, 11) is 0. The van der Waals surface area contributed by atoms with Crippen molar-refractivity contribution in [2.24, 2.45) is 0 Å². The molecule has 0 aromatic carbocycles. The maximum atomic E-state index is 5.39. The predicted molar refractivity (Wildman–Crippen MR) is 81.5 cm³/mol. The molecule has 0 radical (unpaired) electrons. The Labute approximate surface area is 128 Å². The van der Waals surface area contributed by atoms with E-state index in [2.05, 4.69) is 24.3 Å². The number of hydrogen-bond donors (Lipinski definition) is 0. The molecule has 2 aromatic rings. The molecule has 2 aliphatic heterocycles. The first-order valence-electron chi connectivity index (χ1n) is 7.37. The van der Waals surface area contributed by atoms with Crippen LogP contribution in [0.2, 0.25) is 0 Å². The summed E-state index contributed by atoms with van der Waals surface area (Å²) in [5.41, 5.74) is 1.30. The highest BCUT2D eigenvalue weighted by molar-refractivity contribution is 7.15. The zero-order valence-corrected chi connectivity index (χ0v) is 12.8. The maximum absolute atomic E-state index is 5.39. The number of anilines is 1. The first-order chi connectivity index (χ1) is 10.4. The molecular weight excluding hydrogens is 286 g/mol. The third-order valence-corrected chi connectivity index (χ3v) is 5.09. The van der Waals surface area contributed by atoms with Crippen LogP contribution in [0, 0.1) is 0 Å². The van der Waals surface area contributed by atoms with E-state index in [0.29, 0.717) is 0 Å². The molecule has 0 saturated carbocycles. The van der Waals surface area contributed by atoms with E-state index in [0.717, 1.165) is 57.6 Å². The first-order valence-corrected chi connectivity index (χ1v) is 8.19. The molecule has 21 heavy (non-hydrogen) atoms. The average Bonchev–Trinajstić information content (AvgIpc) is 3.17. The van der Waals surface area contributed by atoms with Crippen LogP contribution in [0.15, 0.2) is 18.7 Å². The van der Waals surface area contributed by atoms with E-state index in [4.69, 9.17) is 4.74 Å². The molecule has 0 bridgehead atoms. The van der Waals surface area contributed by atoms with Crippen molar-refractivity contribution >= 4 is 16.5 Å². The zero-order valence-electron chi connectivity index (χ0n) is 11.9. The van der Waals surface area contributed by atoms with Crippen LogP contribution in [0.25, 0.3) is 0 Å². The second kappa shape index (κ2) is 5.75. The molecule has 0 N–H and O–H groups in total. The summed E-state index contributed by atoms with van der Waals surface area (Å²) in [6, 6.07) is 0. The summed E-state index contributed by atoms with van der Waals surface area (Å²) < 4.78 is 7.63. The van der Waals surface area contributed by atoms with Crippen LogP contribution in [-0.2, 0) is 24.4 Å². The van der Waals surface area contributed by atoms with Crippen molar-refractivity contribution < 1.29 is 4.74 Å². The van der Waals surface area contributed by atoms with E-state index in [9.17, 15) is 0 Å². The van der Waals surface area contributed by atoms with Gasteiger partial charge in [-0.25, -0.2) is 9.97 Å². The standard InChI is InChI=1S/C14H19N5OS/c1-2-19-11-15-7-12(19)9-17(1)10-13-8-16-14(21-13)18-3-5-20-6-4-18/h7-8,11H,1-6,9-10H2. The van der Waals surface area contributed by atoms with Crippen molar-refractivity contribution in [3.05, 3.63) is 29.3 Å². The molecule has 6 nitrogen and oxygen atoms in total. The van der Waals surface area contributed by atoms with Gasteiger partial charge in [0.15, 0.2) is 5.13 Å². The van der Waals surface area contributed by atoms with E-state index >= 15 is 0 Å². The number of hydrogen-bond acceptors (Lipinski definition) is 6. The van der Waals surface area contributed by atoms with Crippen molar-refractivity contribution in [2.75, 3.05) is 37.7 Å². The SMILES string of the molecule is c1nc(N2CCOCC2)sc1CN1CCn2cncc2C1. The van der Waals surface area contributed by atoms with Crippen LogP contribution in [0.3, 0.4) is 0 Å². The fourth-order valence-electron chi connectivity index (χ4n) is 2.86. The second-order valence-electron chi connectivity index (χ2n) is 5.50. The number of rotatable bonds is 3. The highest BCUT2D eigenvalue weighted by Gasteiger charge is 2.19. The molecule has 4 rings (SSSR count). The van der Waals surface area contributed by atoms with Gasteiger partial charge < -0.3 is 14.2 Å². The van der Waals surface area contributed by atoms with Crippen molar-refractivity contribution in [3.8, 4) is 0 Å². The van der Waals surface area contributed by atoms with E-state index in [1.165, 1.54) is 10.6 Å². The van der Waals surface area contributed by atoms with Gasteiger partial charge in [-0.05, 0) is 0 Å². The molecule has 0 atom stereocenters. The van der Waals surface area contributed by atoms with E-state index in [1.807, 2.05) is 30.1 Å². The van der Waals surface area contributed by atoms with Crippen molar-refractivity contribution in [3.63, 3.8) is 0 Å². The molecule has 4 heterocycles. The van der Waals surface area contributed by atoms with Crippen LogP contribution in [0.4, 0.5) is 5.13 Å². The molecular formula is C14H19N5OS. The van der Waals surface area contributed by atoms with Crippen molar-refractivity contribution in [1.82, 2.24) is 19.4 Å². The van der Waals surface area contributed by atoms with Gasteiger partial charge in [0.25, 0.3) is 0 Å². The van der Waals surface area contributed by atoms with E-state index in [1.54, 1.807) is 0 Å². The number of fused-ring (bicyclic) bond motifs is 1. The molecule has 0 aliphatic carbocycles. The van der Waals surface area contributed by atoms with Gasteiger partial charge in [0.05, 0.1) is 25.2 Å². The van der Waals surface area contributed by atoms with Crippen LogP contribution < -0.4 is 4.90 Å². The van der Waals surface area contributed by atoms with Gasteiger partial charge in [-0.2, -0.15) is 0 Å². The van der Waals surface area contributed by atoms with Gasteiger partial charge >= 0.3 is 0 Å². The number of aromatic nitrogens is 3. The Bertz CT molecular complexity index is 604. The fourth-order valence-corrected chi connectivity index (χ4v) is 3.87. The predicted octanol–water partition coefficient (Wildman–Crippen LogP) is 1.19. The minimum Gasteiger partial charge on any atom is -0.378 e. The molecule has 0 unspecified atom stereocenters. The Balaban J connectivity index is 1.40. The number of imidazole rings is 1. The highest BCUT2D eigenvalue weighted by Crippen LogP contribution is 2.25. The lowest BCUT2D eigenvalue weighted by molar-refractivity contribution is 0.122. The smallest absolute Gasteiger partial charge is 0.185 e. The van der Waals surface area contributed by atoms with Gasteiger partial charge in [0, 0.05) is 56.5 Å². The third kappa shape index (κ3) is 2.81. The number of thiazole rings is 1. The van der Waals surface area contributed by atoms with E-state index in [-0.39, 0.29) is 0 Å². The number of morpholine rings is 1. The molecule has 7 heteroatoms. The summed E-state index contributed by atoms with van der Waals surface area (Å²) in [4.78, 5) is 14.9. The normalized spacial score (nSPS) is 19.7. The van der Waals surface area contributed by atoms with Crippen LogP contribution in [-0.4, -0.2) is 52.3 Å².